The van der Waals surface area contributed by atoms with Crippen molar-refractivity contribution in [3.8, 4) is 79.8 Å². The number of ether oxygens (including phenoxy) is 8. The second-order valence-corrected chi connectivity index (χ2v) is 28.1. The minimum atomic E-state index is -3.22. The first-order chi connectivity index (χ1) is 50.2. The highest BCUT2D eigenvalue weighted by Gasteiger charge is 2.20. The first-order valence-corrected chi connectivity index (χ1v) is 35.6. The van der Waals surface area contributed by atoms with Crippen LogP contribution in [0.25, 0.3) is 50.7 Å². The van der Waals surface area contributed by atoms with E-state index < -0.39 is 23.1 Å². The van der Waals surface area contributed by atoms with E-state index in [2.05, 4.69) is 94.7 Å². The Morgan fingerprint density at radius 2 is 0.990 bits per heavy atom. The molecular weight excluding hydrogens is 1440 g/mol. The summed E-state index contributed by atoms with van der Waals surface area (Å²) in [5.41, 5.74) is 23.6. The number of carbonyl (C=O) groups excluding carboxylic acids is 4. The molecule has 105 heavy (non-hydrogen) atoms. The van der Waals surface area contributed by atoms with Crippen LogP contribution in [0.15, 0.2) is 176 Å². The number of aromatic nitrogens is 13. The molecule has 0 atom stereocenters. The fourth-order valence-electron chi connectivity index (χ4n) is 9.73. The molecule has 0 bridgehead atoms. The first kappa shape index (κ1) is 81.8. The van der Waals surface area contributed by atoms with E-state index in [0.29, 0.717) is 64.2 Å². The highest BCUT2D eigenvalue weighted by molar-refractivity contribution is 8.24. The average molecular weight is 1510 g/mol. The number of hydrogen-bond acceptors (Lipinski definition) is 23. The van der Waals surface area contributed by atoms with Gasteiger partial charge in [0.25, 0.3) is 5.56 Å². The van der Waals surface area contributed by atoms with Crippen molar-refractivity contribution in [1.29, 1.82) is 5.26 Å². The Labute approximate surface area is 617 Å². The lowest BCUT2D eigenvalue weighted by Gasteiger charge is -2.11. The molecule has 0 fully saturated rings. The molecule has 0 saturated heterocycles. The molecule has 0 aliphatic carbocycles. The topological polar surface area (TPSA) is 385 Å². The lowest BCUT2D eigenvalue weighted by atomic mass is 10.0. The Bertz CT molecular complexity index is 4970. The summed E-state index contributed by atoms with van der Waals surface area (Å²) in [6, 6.07) is 38.3. The fraction of sp³-hybridized carbons (Fsp3) is 0.211. The number of rotatable bonds is 17. The Morgan fingerprint density at radius 3 is 1.39 bits per heavy atom. The van der Waals surface area contributed by atoms with E-state index in [1.165, 1.54) is 45.9 Å². The number of fused-ring (bicyclic) bond motifs is 1. The SMILES string of the molecule is CCOC(=O)CC(C)=O.COC(=O)c1ccc(-n2cccn2)cc1OC.COC(=O)c1ccc(N)cc1OC.COc1cc(-n2cccn2)ccc1-c1c(C)[nH]n2c(=O)cc(C)nc12.COc1cc(-n2cccn2)ccc1-c1c(N)n[nH]c1C.COc1cc(-n2cccn2)ccc1CC#N.O=P(Cl)(Cl)Cl. The van der Waals surface area contributed by atoms with Crippen LogP contribution < -0.4 is 40.7 Å². The zero-order chi connectivity index (χ0) is 76.9. The molecule has 6 N–H and O–H groups in total. The number of aromatic amines is 2. The Kier molecular flexibility index (Phi) is 31.1. The van der Waals surface area contributed by atoms with Crippen LogP contribution in [0.1, 0.15) is 63.6 Å². The highest BCUT2D eigenvalue weighted by atomic mass is 36.0. The van der Waals surface area contributed by atoms with E-state index in [1.807, 2.05) is 124 Å². The summed E-state index contributed by atoms with van der Waals surface area (Å²) >= 11 is 13.8. The van der Waals surface area contributed by atoms with E-state index in [1.54, 1.807) is 108 Å². The molecule has 7 heterocycles. The maximum absolute atomic E-state index is 12.2. The molecule has 30 nitrogen and oxygen atoms in total. The Balaban J connectivity index is 0.000000199. The summed E-state index contributed by atoms with van der Waals surface area (Å²) in [6.07, 6.45) is 14.5. The molecule has 0 amide bonds. The van der Waals surface area contributed by atoms with Crippen molar-refractivity contribution in [3.63, 3.8) is 0 Å². The molecule has 34 heteroatoms. The number of Topliss-reactive ketones (excluding diaryl/α,β-unsaturated/α-hetero) is 1. The van der Waals surface area contributed by atoms with Gasteiger partial charge in [-0.25, -0.2) is 37.8 Å². The van der Waals surface area contributed by atoms with Gasteiger partial charge in [0.15, 0.2) is 11.5 Å². The summed E-state index contributed by atoms with van der Waals surface area (Å²) in [6.45, 7) is 9.06. The number of nitrogen functional groups attached to an aromatic ring is 2. The van der Waals surface area contributed by atoms with Crippen LogP contribution in [0.2, 0.25) is 0 Å². The van der Waals surface area contributed by atoms with E-state index in [-0.39, 0.29) is 17.8 Å². The van der Waals surface area contributed by atoms with E-state index in [4.69, 9.17) is 40.4 Å². The molecule has 12 rings (SSSR count). The van der Waals surface area contributed by atoms with E-state index >= 15 is 0 Å². The van der Waals surface area contributed by atoms with Crippen LogP contribution >= 0.6 is 38.9 Å². The van der Waals surface area contributed by atoms with Gasteiger partial charge in [-0.3, -0.25) is 29.1 Å². The van der Waals surface area contributed by atoms with Gasteiger partial charge in [-0.1, -0.05) is 6.07 Å². The number of nitrogens with zero attached hydrogens (tertiary/aromatic N) is 12. The number of nitriles is 1. The van der Waals surface area contributed by atoms with Gasteiger partial charge in [0.05, 0.1) is 97.2 Å². The third-order valence-electron chi connectivity index (χ3n) is 14.3. The highest BCUT2D eigenvalue weighted by Crippen LogP contribution is 2.61. The van der Waals surface area contributed by atoms with Gasteiger partial charge >= 0.3 is 23.1 Å². The summed E-state index contributed by atoms with van der Waals surface area (Å²) in [5, 5.41) is 32.1. The molecule has 7 aromatic heterocycles. The quantitative estimate of drug-likeness (QED) is 0.0216. The zero-order valence-electron chi connectivity index (χ0n) is 59.1. The second kappa shape index (κ2) is 39.9. The minimum absolute atomic E-state index is 0.103. The molecule has 0 unspecified atom stereocenters. The number of ketones is 1. The summed E-state index contributed by atoms with van der Waals surface area (Å²) in [4.78, 5) is 60.0. The lowest BCUT2D eigenvalue weighted by molar-refractivity contribution is -0.145. The number of nitrogens with two attached hydrogens (primary N) is 2. The molecule has 550 valence electrons. The maximum Gasteiger partial charge on any atom is 0.341 e. The molecule has 0 saturated carbocycles. The molecule has 0 aliphatic rings. The summed E-state index contributed by atoms with van der Waals surface area (Å²) in [5.74, 6) is 2.03. The smallest absolute Gasteiger partial charge is 0.341 e. The van der Waals surface area contributed by atoms with Crippen molar-refractivity contribution in [1.82, 2.24) is 63.9 Å². The van der Waals surface area contributed by atoms with Gasteiger partial charge in [-0.05, 0) is 147 Å². The van der Waals surface area contributed by atoms with Gasteiger partial charge < -0.3 is 49.4 Å². The van der Waals surface area contributed by atoms with Crippen LogP contribution in [0.4, 0.5) is 11.5 Å². The number of esters is 3. The number of methoxy groups -OCH3 is 7. The standard InChI is InChI=1S/C18H17N5O2.C14H15N5O.C12H11N3O.C12H12N2O3.C9H11NO3.C6H10O3.Cl3OP/c1-11-9-16(24)23-18(20-11)17(12(2)21-23)14-6-5-13(10-15(14)25-3)22-8-4-7-19-22;1-9-13(14(15)18-17-9)11-5-4-10(8-12(11)20-2)19-7-3-6-16-19;1-16-12-9-11(15-8-2-7-14-15)4-3-10(12)5-6-13;1-16-11-8-9(14-7-3-6-13-14)4-5-10(11)12(15)17-2;1-12-8-5-6(10)3-4-7(8)9(11)13-2;1-3-9-6(8)4-5(2)7;1-5(2,3)4/h4-10,21H,1-3H3;3-8H,1-2H3,(H3,15,17,18);2-4,7-9H,5H2,1H3;3-8H,1-2H3;3-5H,10H2,1-2H3;3-4H2,1-2H3;. The van der Waals surface area contributed by atoms with Crippen molar-refractivity contribution in [3.05, 3.63) is 215 Å². The van der Waals surface area contributed by atoms with Crippen molar-refractivity contribution >= 4 is 79.8 Å². The van der Waals surface area contributed by atoms with Crippen LogP contribution in [-0.2, 0) is 34.8 Å². The second-order valence-electron chi connectivity index (χ2n) is 21.4. The monoisotopic (exact) mass is 1510 g/mol. The molecular formula is C71H76Cl3N16O14P. The number of hydrogen-bond donors (Lipinski definition) is 4. The van der Waals surface area contributed by atoms with E-state index in [9.17, 15) is 28.5 Å². The normalized spacial score (nSPS) is 10.3. The Morgan fingerprint density at radius 1 is 0.571 bits per heavy atom. The minimum Gasteiger partial charge on any atom is -0.496 e. The fourth-order valence-corrected chi connectivity index (χ4v) is 9.73. The average Bonchev–Trinajstić information content (AvgIpc) is 1.63. The van der Waals surface area contributed by atoms with Gasteiger partial charge in [-0.15, -0.1) is 0 Å². The number of carbonyl (C=O) groups is 4. The molecule has 5 aromatic carbocycles. The predicted octanol–water partition coefficient (Wildman–Crippen LogP) is 12.7. The van der Waals surface area contributed by atoms with Gasteiger partial charge in [-0.2, -0.15) is 30.8 Å². The van der Waals surface area contributed by atoms with Gasteiger partial charge in [0.2, 0.25) is 0 Å². The number of anilines is 2. The van der Waals surface area contributed by atoms with Crippen LogP contribution in [0.5, 0.6) is 28.7 Å². The van der Waals surface area contributed by atoms with Crippen molar-refractivity contribution in [2.24, 2.45) is 0 Å². The number of nitrogens with one attached hydrogen (secondary N) is 2. The van der Waals surface area contributed by atoms with E-state index in [0.717, 1.165) is 73.5 Å². The number of H-pyrrole nitrogens is 2. The van der Waals surface area contributed by atoms with Crippen LogP contribution in [-0.4, -0.2) is 144 Å². The van der Waals surface area contributed by atoms with Crippen molar-refractivity contribution in [2.75, 3.05) is 67.8 Å². The molecule has 0 radical (unpaired) electrons. The van der Waals surface area contributed by atoms with Crippen LogP contribution in [0.3, 0.4) is 0 Å². The number of halogens is 3. The zero-order valence-corrected chi connectivity index (χ0v) is 62.3. The molecule has 0 spiro atoms. The van der Waals surface area contributed by atoms with Crippen molar-refractivity contribution < 1.29 is 61.6 Å². The lowest BCUT2D eigenvalue weighted by Crippen LogP contribution is -2.14. The molecule has 0 aliphatic heterocycles. The number of benzene rings is 5. The molecule has 12 aromatic rings. The summed E-state index contributed by atoms with van der Waals surface area (Å²) in [7, 11) is 10.5. The van der Waals surface area contributed by atoms with Gasteiger partial charge in [0, 0.05) is 131 Å². The maximum atomic E-state index is 12.2. The largest absolute Gasteiger partial charge is 0.496 e. The van der Waals surface area contributed by atoms with Crippen molar-refractivity contribution in [2.45, 2.75) is 47.5 Å². The number of aryl methyl sites for hydroxylation is 3. The first-order valence-electron chi connectivity index (χ1n) is 31.2. The summed E-state index contributed by atoms with van der Waals surface area (Å²) < 4.78 is 58.1. The Hall–Kier alpha value is -12.2. The third kappa shape index (κ3) is 23.4. The van der Waals surface area contributed by atoms with Crippen LogP contribution in [0, 0.1) is 32.1 Å². The van der Waals surface area contributed by atoms with Gasteiger partial charge in [0.1, 0.15) is 52.1 Å². The third-order valence-corrected chi connectivity index (χ3v) is 14.3. The predicted molar refractivity (Wildman–Crippen MR) is 398 cm³/mol.